The minimum Gasteiger partial charge on any atom is -0.481 e. The predicted molar refractivity (Wildman–Crippen MR) is 74.2 cm³/mol. The second kappa shape index (κ2) is 5.68. The Morgan fingerprint density at radius 3 is 2.67 bits per heavy atom. The van der Waals surface area contributed by atoms with Crippen molar-refractivity contribution in [2.45, 2.75) is 31.6 Å². The van der Waals surface area contributed by atoms with Gasteiger partial charge in [0.2, 0.25) is 5.89 Å². The molecule has 0 bridgehead atoms. The first kappa shape index (κ1) is 13.8. The van der Waals surface area contributed by atoms with E-state index < -0.39 is 11.9 Å². The van der Waals surface area contributed by atoms with Crippen molar-refractivity contribution in [2.75, 3.05) is 0 Å². The lowest BCUT2D eigenvalue weighted by molar-refractivity contribution is -0.143. The van der Waals surface area contributed by atoms with Gasteiger partial charge in [-0.3, -0.25) is 4.79 Å². The van der Waals surface area contributed by atoms with Crippen LogP contribution in [0.5, 0.6) is 0 Å². The molecule has 110 valence electrons. The zero-order chi connectivity index (χ0) is 14.8. The normalized spacial score (nSPS) is 22.1. The smallest absolute Gasteiger partial charge is 0.307 e. The van der Waals surface area contributed by atoms with Gasteiger partial charge >= 0.3 is 5.97 Å². The number of carboxylic acids is 1. The van der Waals surface area contributed by atoms with E-state index in [9.17, 15) is 14.3 Å². The van der Waals surface area contributed by atoms with Crippen LogP contribution in [0.3, 0.4) is 0 Å². The molecule has 3 rings (SSSR count). The van der Waals surface area contributed by atoms with Crippen LogP contribution < -0.4 is 0 Å². The molecule has 0 aliphatic heterocycles. The molecule has 1 aliphatic rings. The van der Waals surface area contributed by atoms with Crippen molar-refractivity contribution < 1.29 is 18.7 Å². The van der Waals surface area contributed by atoms with Crippen molar-refractivity contribution in [2.24, 2.45) is 5.92 Å². The van der Waals surface area contributed by atoms with Gasteiger partial charge in [-0.15, -0.1) is 0 Å². The SMILES string of the molecule is O=C(O)C1CCCCC1c1coc(-c2ccc(F)cc2)n1. The fourth-order valence-electron chi connectivity index (χ4n) is 2.96. The maximum absolute atomic E-state index is 12.9. The van der Waals surface area contributed by atoms with Gasteiger partial charge in [0.05, 0.1) is 11.6 Å². The molecular formula is C16H16FNO3. The first-order valence-electron chi connectivity index (χ1n) is 7.09. The summed E-state index contributed by atoms with van der Waals surface area (Å²) in [4.78, 5) is 15.8. The number of rotatable bonds is 3. The van der Waals surface area contributed by atoms with Gasteiger partial charge in [0.15, 0.2) is 0 Å². The Morgan fingerprint density at radius 2 is 1.95 bits per heavy atom. The number of aromatic nitrogens is 1. The van der Waals surface area contributed by atoms with Crippen molar-refractivity contribution in [1.29, 1.82) is 0 Å². The summed E-state index contributed by atoms with van der Waals surface area (Å²) < 4.78 is 18.4. The highest BCUT2D eigenvalue weighted by Crippen LogP contribution is 2.38. The monoisotopic (exact) mass is 289 g/mol. The van der Waals surface area contributed by atoms with Crippen LogP contribution in [0, 0.1) is 11.7 Å². The van der Waals surface area contributed by atoms with E-state index in [1.807, 2.05) is 0 Å². The highest BCUT2D eigenvalue weighted by Gasteiger charge is 2.33. The highest BCUT2D eigenvalue weighted by atomic mass is 19.1. The summed E-state index contributed by atoms with van der Waals surface area (Å²) in [6, 6.07) is 5.89. The summed E-state index contributed by atoms with van der Waals surface area (Å²) in [5.41, 5.74) is 1.37. The molecule has 1 heterocycles. The number of oxazole rings is 1. The van der Waals surface area contributed by atoms with Crippen LogP contribution >= 0.6 is 0 Å². The summed E-state index contributed by atoms with van der Waals surface area (Å²) in [5.74, 6) is -1.19. The third-order valence-corrected chi connectivity index (χ3v) is 4.08. The standard InChI is InChI=1S/C16H16FNO3/c17-11-7-5-10(6-8-11)15-18-14(9-21-15)12-3-1-2-4-13(12)16(19)20/h5-9,12-13H,1-4H2,(H,19,20). The Balaban J connectivity index is 1.86. The summed E-state index contributed by atoms with van der Waals surface area (Å²) in [6.07, 6.45) is 4.97. The Kier molecular flexibility index (Phi) is 3.73. The molecule has 2 aromatic rings. The molecule has 0 saturated heterocycles. The number of benzene rings is 1. The minimum absolute atomic E-state index is 0.103. The summed E-state index contributed by atoms with van der Waals surface area (Å²) in [5, 5.41) is 9.32. The molecule has 1 aromatic heterocycles. The van der Waals surface area contributed by atoms with Gasteiger partial charge in [0.1, 0.15) is 12.1 Å². The molecule has 5 heteroatoms. The van der Waals surface area contributed by atoms with E-state index >= 15 is 0 Å². The maximum atomic E-state index is 12.9. The van der Waals surface area contributed by atoms with Gasteiger partial charge in [-0.1, -0.05) is 12.8 Å². The molecule has 4 nitrogen and oxygen atoms in total. The fraction of sp³-hybridized carbons (Fsp3) is 0.375. The second-order valence-corrected chi connectivity index (χ2v) is 5.42. The summed E-state index contributed by atoms with van der Waals surface area (Å²) in [7, 11) is 0. The van der Waals surface area contributed by atoms with Crippen LogP contribution in [-0.4, -0.2) is 16.1 Å². The molecule has 0 spiro atoms. The molecule has 2 atom stereocenters. The number of carboxylic acid groups (broad SMARTS) is 1. The van der Waals surface area contributed by atoms with Gasteiger partial charge in [-0.25, -0.2) is 9.37 Å². The highest BCUT2D eigenvalue weighted by molar-refractivity contribution is 5.71. The molecule has 1 aliphatic carbocycles. The van der Waals surface area contributed by atoms with Crippen LogP contribution in [0.2, 0.25) is 0 Å². The molecule has 1 saturated carbocycles. The van der Waals surface area contributed by atoms with Crippen molar-refractivity contribution in [3.63, 3.8) is 0 Å². The molecule has 1 fully saturated rings. The van der Waals surface area contributed by atoms with Crippen LogP contribution in [0.4, 0.5) is 4.39 Å². The Morgan fingerprint density at radius 1 is 1.24 bits per heavy atom. The van der Waals surface area contributed by atoms with Crippen LogP contribution in [-0.2, 0) is 4.79 Å². The van der Waals surface area contributed by atoms with Gasteiger partial charge in [-0.2, -0.15) is 0 Å². The third kappa shape index (κ3) is 2.82. The van der Waals surface area contributed by atoms with Gasteiger partial charge in [-0.05, 0) is 37.1 Å². The van der Waals surface area contributed by atoms with Gasteiger partial charge in [0.25, 0.3) is 0 Å². The summed E-state index contributed by atoms with van der Waals surface area (Å²) >= 11 is 0. The van der Waals surface area contributed by atoms with E-state index in [1.54, 1.807) is 12.1 Å². The minimum atomic E-state index is -0.772. The largest absolute Gasteiger partial charge is 0.481 e. The van der Waals surface area contributed by atoms with Crippen molar-refractivity contribution in [1.82, 2.24) is 4.98 Å². The first-order valence-corrected chi connectivity index (χ1v) is 7.09. The Hall–Kier alpha value is -2.17. The Bertz CT molecular complexity index is 635. The second-order valence-electron chi connectivity index (χ2n) is 5.42. The van der Waals surface area contributed by atoms with Gasteiger partial charge < -0.3 is 9.52 Å². The molecule has 21 heavy (non-hydrogen) atoms. The molecule has 2 unspecified atom stereocenters. The van der Waals surface area contributed by atoms with Crippen molar-refractivity contribution in [3.05, 3.63) is 42.0 Å². The first-order chi connectivity index (χ1) is 10.1. The van der Waals surface area contributed by atoms with E-state index in [1.165, 1.54) is 18.4 Å². The fourth-order valence-corrected chi connectivity index (χ4v) is 2.96. The molecular weight excluding hydrogens is 273 g/mol. The number of hydrogen-bond acceptors (Lipinski definition) is 3. The number of carbonyl (C=O) groups is 1. The number of halogens is 1. The lowest BCUT2D eigenvalue weighted by Gasteiger charge is -2.26. The van der Waals surface area contributed by atoms with Crippen LogP contribution in [0.1, 0.15) is 37.3 Å². The molecule has 1 N–H and O–H groups in total. The third-order valence-electron chi connectivity index (χ3n) is 4.08. The summed E-state index contributed by atoms with van der Waals surface area (Å²) in [6.45, 7) is 0. The lowest BCUT2D eigenvalue weighted by atomic mass is 9.78. The molecule has 0 radical (unpaired) electrons. The lowest BCUT2D eigenvalue weighted by Crippen LogP contribution is -2.25. The van der Waals surface area contributed by atoms with E-state index in [4.69, 9.17) is 4.42 Å². The van der Waals surface area contributed by atoms with E-state index in [2.05, 4.69) is 4.98 Å². The number of aliphatic carboxylic acids is 1. The van der Waals surface area contributed by atoms with E-state index in [0.29, 0.717) is 23.6 Å². The van der Waals surface area contributed by atoms with E-state index in [0.717, 1.165) is 19.3 Å². The maximum Gasteiger partial charge on any atom is 0.307 e. The van der Waals surface area contributed by atoms with Crippen molar-refractivity contribution >= 4 is 5.97 Å². The molecule has 0 amide bonds. The Labute approximate surface area is 121 Å². The van der Waals surface area contributed by atoms with Crippen LogP contribution in [0.25, 0.3) is 11.5 Å². The van der Waals surface area contributed by atoms with Crippen LogP contribution in [0.15, 0.2) is 34.9 Å². The number of hydrogen-bond donors (Lipinski definition) is 1. The predicted octanol–water partition coefficient (Wildman–Crippen LogP) is 3.84. The average Bonchev–Trinajstić information content (AvgIpc) is 2.97. The zero-order valence-corrected chi connectivity index (χ0v) is 11.5. The van der Waals surface area contributed by atoms with Gasteiger partial charge in [0, 0.05) is 11.5 Å². The topological polar surface area (TPSA) is 63.3 Å². The molecule has 1 aromatic carbocycles. The number of nitrogens with zero attached hydrogens (tertiary/aromatic N) is 1. The quantitative estimate of drug-likeness (QED) is 0.932. The van der Waals surface area contributed by atoms with Crippen molar-refractivity contribution in [3.8, 4) is 11.5 Å². The average molecular weight is 289 g/mol. The van der Waals surface area contributed by atoms with E-state index in [-0.39, 0.29) is 11.7 Å². The zero-order valence-electron chi connectivity index (χ0n) is 11.5.